The molecule has 0 spiro atoms. The Morgan fingerprint density at radius 1 is 0.938 bits per heavy atom. The fourth-order valence-corrected chi connectivity index (χ4v) is 3.19. The smallest absolute Gasteiger partial charge is 0.248 e. The number of benzene rings is 3. The van der Waals surface area contributed by atoms with Gasteiger partial charge in [-0.05, 0) is 73.7 Å². The maximum Gasteiger partial charge on any atom is 0.248 e. The second-order valence-corrected chi connectivity index (χ2v) is 7.18. The molecule has 5 nitrogen and oxygen atoms in total. The highest BCUT2D eigenvalue weighted by atomic mass is 19.1. The number of nitrogens with zero attached hydrogens (tertiary/aromatic N) is 2. The van der Waals surface area contributed by atoms with Crippen LogP contribution in [0.1, 0.15) is 22.8 Å². The molecule has 4 rings (SSSR count). The molecule has 6 heteroatoms. The lowest BCUT2D eigenvalue weighted by Crippen LogP contribution is -2.07. The van der Waals surface area contributed by atoms with E-state index in [1.165, 1.54) is 25.1 Å². The SMILES string of the molecule is CC(=O)c1ccc(NC(=O)/C=C\c2cn(-c3ccccc3)nc2-c2ccc(F)cc2)cc1. The Bertz CT molecular complexity index is 1280. The molecule has 0 aliphatic carbocycles. The van der Waals surface area contributed by atoms with Gasteiger partial charge in [-0.1, -0.05) is 18.2 Å². The number of rotatable bonds is 6. The molecule has 0 aliphatic heterocycles. The molecule has 0 aliphatic rings. The Hall–Kier alpha value is -4.32. The van der Waals surface area contributed by atoms with E-state index in [1.807, 2.05) is 36.5 Å². The van der Waals surface area contributed by atoms with Crippen LogP contribution < -0.4 is 5.32 Å². The molecule has 158 valence electrons. The zero-order valence-corrected chi connectivity index (χ0v) is 17.3. The Morgan fingerprint density at radius 3 is 2.28 bits per heavy atom. The highest BCUT2D eigenvalue weighted by molar-refractivity contribution is 6.02. The monoisotopic (exact) mass is 425 g/mol. The fraction of sp³-hybridized carbons (Fsp3) is 0.0385. The number of ketones is 1. The Kier molecular flexibility index (Phi) is 6.03. The van der Waals surface area contributed by atoms with Gasteiger partial charge in [0.05, 0.1) is 11.4 Å². The number of carbonyl (C=O) groups excluding carboxylic acids is 2. The summed E-state index contributed by atoms with van der Waals surface area (Å²) in [6, 6.07) is 22.3. The van der Waals surface area contributed by atoms with Crippen molar-refractivity contribution in [3.63, 3.8) is 0 Å². The van der Waals surface area contributed by atoms with E-state index >= 15 is 0 Å². The number of anilines is 1. The quantitative estimate of drug-likeness (QED) is 0.326. The molecular formula is C26H20FN3O2. The Labute approximate surface area is 184 Å². The summed E-state index contributed by atoms with van der Waals surface area (Å²) in [5, 5.41) is 7.42. The Balaban J connectivity index is 1.60. The third-order valence-corrected chi connectivity index (χ3v) is 4.85. The van der Waals surface area contributed by atoms with Crippen molar-refractivity contribution in [3.8, 4) is 16.9 Å². The van der Waals surface area contributed by atoms with E-state index < -0.39 is 0 Å². The number of aromatic nitrogens is 2. The van der Waals surface area contributed by atoms with Gasteiger partial charge in [0.15, 0.2) is 5.78 Å². The first-order valence-electron chi connectivity index (χ1n) is 10.0. The normalized spacial score (nSPS) is 10.9. The van der Waals surface area contributed by atoms with Crippen molar-refractivity contribution in [1.29, 1.82) is 0 Å². The number of hydrogen-bond donors (Lipinski definition) is 1. The number of carbonyl (C=O) groups is 2. The predicted molar refractivity (Wildman–Crippen MR) is 123 cm³/mol. The zero-order chi connectivity index (χ0) is 22.5. The van der Waals surface area contributed by atoms with Gasteiger partial charge in [-0.25, -0.2) is 9.07 Å². The first kappa shape index (κ1) is 20.9. The lowest BCUT2D eigenvalue weighted by Gasteiger charge is -2.03. The fourth-order valence-electron chi connectivity index (χ4n) is 3.19. The van der Waals surface area contributed by atoms with Crippen LogP contribution in [0.15, 0.2) is 91.1 Å². The third-order valence-electron chi connectivity index (χ3n) is 4.85. The van der Waals surface area contributed by atoms with E-state index in [2.05, 4.69) is 10.4 Å². The highest BCUT2D eigenvalue weighted by Gasteiger charge is 2.11. The summed E-state index contributed by atoms with van der Waals surface area (Å²) in [7, 11) is 0. The number of hydrogen-bond acceptors (Lipinski definition) is 3. The van der Waals surface area contributed by atoms with E-state index in [-0.39, 0.29) is 17.5 Å². The molecule has 0 unspecified atom stereocenters. The standard InChI is InChI=1S/C26H20FN3O2/c1-18(31)19-9-14-23(15-10-19)28-25(32)16-11-21-17-30(24-5-3-2-4-6-24)29-26(21)20-7-12-22(27)13-8-20/h2-17H,1H3,(H,28,32)/b16-11-. The highest BCUT2D eigenvalue weighted by Crippen LogP contribution is 2.25. The average Bonchev–Trinajstić information content (AvgIpc) is 3.23. The van der Waals surface area contributed by atoms with Crippen molar-refractivity contribution >= 4 is 23.5 Å². The van der Waals surface area contributed by atoms with Gasteiger partial charge in [0.1, 0.15) is 5.82 Å². The number of amides is 1. The van der Waals surface area contributed by atoms with Gasteiger partial charge in [0.25, 0.3) is 0 Å². The maximum atomic E-state index is 13.4. The molecule has 0 saturated heterocycles. The maximum absolute atomic E-state index is 13.4. The number of Topliss-reactive ketones (excluding diaryl/α,β-unsaturated/α-hetero) is 1. The van der Waals surface area contributed by atoms with E-state index in [0.29, 0.717) is 22.5 Å². The summed E-state index contributed by atoms with van der Waals surface area (Å²) < 4.78 is 15.1. The minimum Gasteiger partial charge on any atom is -0.323 e. The molecule has 32 heavy (non-hydrogen) atoms. The van der Waals surface area contributed by atoms with Gasteiger partial charge < -0.3 is 5.32 Å². The van der Waals surface area contributed by atoms with Gasteiger partial charge in [-0.3, -0.25) is 9.59 Å². The van der Waals surface area contributed by atoms with Crippen LogP contribution in [0.4, 0.5) is 10.1 Å². The van der Waals surface area contributed by atoms with E-state index in [4.69, 9.17) is 0 Å². The summed E-state index contributed by atoms with van der Waals surface area (Å²) in [6.07, 6.45) is 4.90. The lowest BCUT2D eigenvalue weighted by atomic mass is 10.1. The summed E-state index contributed by atoms with van der Waals surface area (Å²) in [5.41, 5.74) is 4.11. The summed E-state index contributed by atoms with van der Waals surface area (Å²) >= 11 is 0. The Morgan fingerprint density at radius 2 is 1.62 bits per heavy atom. The third kappa shape index (κ3) is 4.87. The van der Waals surface area contributed by atoms with Crippen molar-refractivity contribution < 1.29 is 14.0 Å². The van der Waals surface area contributed by atoms with Crippen LogP contribution in [-0.4, -0.2) is 21.5 Å². The van der Waals surface area contributed by atoms with Crippen molar-refractivity contribution in [1.82, 2.24) is 9.78 Å². The zero-order valence-electron chi connectivity index (χ0n) is 17.3. The molecule has 1 N–H and O–H groups in total. The van der Waals surface area contributed by atoms with Crippen molar-refractivity contribution in [2.45, 2.75) is 6.92 Å². The molecule has 1 aromatic heterocycles. The summed E-state index contributed by atoms with van der Waals surface area (Å²) in [5.74, 6) is -0.687. The first-order chi connectivity index (χ1) is 15.5. The van der Waals surface area contributed by atoms with Crippen LogP contribution in [0.25, 0.3) is 23.0 Å². The van der Waals surface area contributed by atoms with Gasteiger partial charge in [-0.2, -0.15) is 5.10 Å². The van der Waals surface area contributed by atoms with Crippen LogP contribution in [0.5, 0.6) is 0 Å². The number of halogens is 1. The molecule has 0 bridgehead atoms. The van der Waals surface area contributed by atoms with Crippen LogP contribution in [-0.2, 0) is 4.79 Å². The molecule has 3 aromatic carbocycles. The summed E-state index contributed by atoms with van der Waals surface area (Å²) in [4.78, 5) is 23.8. The lowest BCUT2D eigenvalue weighted by molar-refractivity contribution is -0.111. The molecule has 0 saturated carbocycles. The topological polar surface area (TPSA) is 64.0 Å². The van der Waals surface area contributed by atoms with Gasteiger partial charge in [0, 0.05) is 34.7 Å². The van der Waals surface area contributed by atoms with Gasteiger partial charge >= 0.3 is 0 Å². The van der Waals surface area contributed by atoms with Crippen LogP contribution in [0.2, 0.25) is 0 Å². The van der Waals surface area contributed by atoms with Gasteiger partial charge in [-0.15, -0.1) is 0 Å². The molecule has 1 heterocycles. The van der Waals surface area contributed by atoms with E-state index in [9.17, 15) is 14.0 Å². The molecular weight excluding hydrogens is 405 g/mol. The second-order valence-electron chi connectivity index (χ2n) is 7.18. The molecule has 0 radical (unpaired) electrons. The molecule has 1 amide bonds. The van der Waals surface area contributed by atoms with Crippen molar-refractivity contribution in [3.05, 3.63) is 108 Å². The van der Waals surface area contributed by atoms with E-state index in [1.54, 1.807) is 47.2 Å². The number of para-hydroxylation sites is 1. The second kappa shape index (κ2) is 9.22. The molecule has 0 fully saturated rings. The predicted octanol–water partition coefficient (Wildman–Crippen LogP) is 5.53. The van der Waals surface area contributed by atoms with Crippen LogP contribution in [0, 0.1) is 5.82 Å². The largest absolute Gasteiger partial charge is 0.323 e. The van der Waals surface area contributed by atoms with Crippen molar-refractivity contribution in [2.75, 3.05) is 5.32 Å². The van der Waals surface area contributed by atoms with Gasteiger partial charge in [0.2, 0.25) is 5.91 Å². The number of nitrogens with one attached hydrogen (secondary N) is 1. The van der Waals surface area contributed by atoms with Crippen LogP contribution >= 0.6 is 0 Å². The van der Waals surface area contributed by atoms with Crippen molar-refractivity contribution in [2.24, 2.45) is 0 Å². The minimum absolute atomic E-state index is 0.0356. The average molecular weight is 425 g/mol. The molecule has 4 aromatic rings. The van der Waals surface area contributed by atoms with Crippen LogP contribution in [0.3, 0.4) is 0 Å². The molecule has 0 atom stereocenters. The first-order valence-corrected chi connectivity index (χ1v) is 10.0. The minimum atomic E-state index is -0.330. The van der Waals surface area contributed by atoms with E-state index in [0.717, 1.165) is 11.3 Å². The summed E-state index contributed by atoms with van der Waals surface area (Å²) in [6.45, 7) is 1.49.